The molecule has 0 aromatic heterocycles. The third kappa shape index (κ3) is 1.15. The Hall–Kier alpha value is -0.550. The number of hydrogen-bond donors (Lipinski definition) is 1. The van der Waals surface area contributed by atoms with E-state index in [1.807, 2.05) is 6.92 Å². The van der Waals surface area contributed by atoms with Crippen molar-refractivity contribution in [3.8, 4) is 6.07 Å². The largest absolute Gasteiger partial charge is 0.391 e. The lowest BCUT2D eigenvalue weighted by atomic mass is 9.75. The first-order valence-electron chi connectivity index (χ1n) is 3.78. The van der Waals surface area contributed by atoms with Gasteiger partial charge in [0.2, 0.25) is 0 Å². The molecule has 1 rings (SSSR count). The molecular weight excluding hydrogens is 126 g/mol. The predicted molar refractivity (Wildman–Crippen MR) is 38.2 cm³/mol. The van der Waals surface area contributed by atoms with Crippen molar-refractivity contribution in [1.82, 2.24) is 0 Å². The maximum Gasteiger partial charge on any atom is 0.0804 e. The highest BCUT2D eigenvalue weighted by Crippen LogP contribution is 2.34. The summed E-state index contributed by atoms with van der Waals surface area (Å²) in [5.41, 5.74) is -0.460. The summed E-state index contributed by atoms with van der Waals surface area (Å²) < 4.78 is 0. The molecule has 1 fully saturated rings. The van der Waals surface area contributed by atoms with Gasteiger partial charge >= 0.3 is 0 Å². The second-order valence-electron chi connectivity index (χ2n) is 3.29. The van der Waals surface area contributed by atoms with E-state index in [2.05, 4.69) is 6.07 Å². The monoisotopic (exact) mass is 139 g/mol. The molecule has 56 valence electrons. The van der Waals surface area contributed by atoms with E-state index in [1.54, 1.807) is 0 Å². The molecule has 1 saturated carbocycles. The van der Waals surface area contributed by atoms with Crippen LogP contribution in [0.25, 0.3) is 0 Å². The highest BCUT2D eigenvalue weighted by atomic mass is 16.3. The molecule has 0 spiro atoms. The van der Waals surface area contributed by atoms with E-state index in [0.29, 0.717) is 0 Å². The Morgan fingerprint density at radius 2 is 2.30 bits per heavy atom. The van der Waals surface area contributed by atoms with Gasteiger partial charge in [0.1, 0.15) is 0 Å². The third-order valence-electron chi connectivity index (χ3n) is 2.41. The summed E-state index contributed by atoms with van der Waals surface area (Å²) >= 11 is 0. The molecule has 2 heteroatoms. The number of nitriles is 1. The topological polar surface area (TPSA) is 44.0 Å². The number of rotatable bonds is 0. The fourth-order valence-electron chi connectivity index (χ4n) is 1.45. The molecule has 10 heavy (non-hydrogen) atoms. The van der Waals surface area contributed by atoms with Crippen molar-refractivity contribution in [1.29, 1.82) is 5.26 Å². The van der Waals surface area contributed by atoms with Crippen molar-refractivity contribution >= 4 is 0 Å². The van der Waals surface area contributed by atoms with Crippen LogP contribution in [0.3, 0.4) is 0 Å². The molecule has 0 radical (unpaired) electrons. The zero-order chi connectivity index (χ0) is 7.61. The molecule has 0 aromatic rings. The first-order valence-corrected chi connectivity index (χ1v) is 3.78. The number of aliphatic hydroxyl groups excluding tert-OH is 1. The first-order chi connectivity index (χ1) is 4.69. The van der Waals surface area contributed by atoms with Gasteiger partial charge in [0.05, 0.1) is 17.6 Å². The highest BCUT2D eigenvalue weighted by molar-refractivity contribution is 5.02. The molecular formula is C8H13NO. The first kappa shape index (κ1) is 7.56. The molecule has 1 aliphatic carbocycles. The molecule has 0 bridgehead atoms. The zero-order valence-corrected chi connectivity index (χ0v) is 6.30. The van der Waals surface area contributed by atoms with E-state index >= 15 is 0 Å². The molecule has 0 heterocycles. The molecule has 2 nitrogen and oxygen atoms in total. The van der Waals surface area contributed by atoms with Crippen molar-refractivity contribution in [2.24, 2.45) is 5.41 Å². The Bertz CT molecular complexity index is 161. The Balaban J connectivity index is 2.65. The van der Waals surface area contributed by atoms with E-state index in [0.717, 1.165) is 25.7 Å². The minimum absolute atomic E-state index is 0.397. The van der Waals surface area contributed by atoms with Crippen molar-refractivity contribution in [3.63, 3.8) is 0 Å². The Labute approximate surface area is 61.5 Å². The van der Waals surface area contributed by atoms with Crippen LogP contribution in [0.2, 0.25) is 0 Å². The van der Waals surface area contributed by atoms with Crippen LogP contribution < -0.4 is 0 Å². The smallest absolute Gasteiger partial charge is 0.0804 e. The van der Waals surface area contributed by atoms with Crippen LogP contribution >= 0.6 is 0 Å². The molecule has 0 amide bonds. The Morgan fingerprint density at radius 1 is 1.60 bits per heavy atom. The molecule has 2 unspecified atom stereocenters. The second kappa shape index (κ2) is 2.59. The van der Waals surface area contributed by atoms with E-state index in [1.165, 1.54) is 0 Å². The minimum Gasteiger partial charge on any atom is -0.391 e. The average Bonchev–Trinajstić information content (AvgIpc) is 1.96. The van der Waals surface area contributed by atoms with Gasteiger partial charge in [-0.2, -0.15) is 5.26 Å². The van der Waals surface area contributed by atoms with Crippen LogP contribution in [-0.4, -0.2) is 11.2 Å². The lowest BCUT2D eigenvalue weighted by Gasteiger charge is -2.31. The van der Waals surface area contributed by atoms with Gasteiger partial charge in [-0.3, -0.25) is 0 Å². The summed E-state index contributed by atoms with van der Waals surface area (Å²) in [5, 5.41) is 18.1. The molecule has 0 saturated heterocycles. The summed E-state index contributed by atoms with van der Waals surface area (Å²) in [6, 6.07) is 2.18. The van der Waals surface area contributed by atoms with E-state index in [4.69, 9.17) is 5.26 Å². The fourth-order valence-corrected chi connectivity index (χ4v) is 1.45. The second-order valence-corrected chi connectivity index (χ2v) is 3.29. The van der Waals surface area contributed by atoms with Gasteiger partial charge in [0.25, 0.3) is 0 Å². The summed E-state index contributed by atoms with van der Waals surface area (Å²) in [5.74, 6) is 0. The predicted octanol–water partition coefficient (Wildman–Crippen LogP) is 1.45. The Morgan fingerprint density at radius 3 is 2.70 bits per heavy atom. The van der Waals surface area contributed by atoms with E-state index in [9.17, 15) is 5.11 Å². The van der Waals surface area contributed by atoms with E-state index < -0.39 is 11.5 Å². The number of hydrogen-bond acceptors (Lipinski definition) is 2. The van der Waals surface area contributed by atoms with Crippen LogP contribution in [-0.2, 0) is 0 Å². The number of nitrogens with zero attached hydrogens (tertiary/aromatic N) is 1. The quantitative estimate of drug-likeness (QED) is 0.552. The maximum absolute atomic E-state index is 9.41. The van der Waals surface area contributed by atoms with Crippen molar-refractivity contribution in [3.05, 3.63) is 0 Å². The molecule has 1 aliphatic rings. The van der Waals surface area contributed by atoms with Crippen molar-refractivity contribution in [2.45, 2.75) is 38.7 Å². The normalized spacial score (nSPS) is 40.7. The summed E-state index contributed by atoms with van der Waals surface area (Å²) in [6.45, 7) is 1.84. The molecule has 0 aromatic carbocycles. The van der Waals surface area contributed by atoms with Crippen LogP contribution in [0.1, 0.15) is 32.6 Å². The van der Waals surface area contributed by atoms with Crippen LogP contribution in [0.5, 0.6) is 0 Å². The van der Waals surface area contributed by atoms with E-state index in [-0.39, 0.29) is 0 Å². The summed E-state index contributed by atoms with van der Waals surface area (Å²) in [4.78, 5) is 0. The number of aliphatic hydroxyl groups is 1. The zero-order valence-electron chi connectivity index (χ0n) is 6.30. The Kier molecular flexibility index (Phi) is 1.96. The van der Waals surface area contributed by atoms with Crippen molar-refractivity contribution in [2.75, 3.05) is 0 Å². The lowest BCUT2D eigenvalue weighted by molar-refractivity contribution is 0.0377. The van der Waals surface area contributed by atoms with Crippen molar-refractivity contribution < 1.29 is 5.11 Å². The van der Waals surface area contributed by atoms with Crippen LogP contribution in [0.15, 0.2) is 0 Å². The third-order valence-corrected chi connectivity index (χ3v) is 2.41. The van der Waals surface area contributed by atoms with Gasteiger partial charge in [-0.05, 0) is 19.8 Å². The minimum atomic E-state index is -0.460. The summed E-state index contributed by atoms with van der Waals surface area (Å²) in [6.07, 6.45) is 3.40. The molecule has 0 aliphatic heterocycles. The highest BCUT2D eigenvalue weighted by Gasteiger charge is 2.35. The fraction of sp³-hybridized carbons (Fsp3) is 0.875. The lowest BCUT2D eigenvalue weighted by Crippen LogP contribution is -2.33. The summed E-state index contributed by atoms with van der Waals surface area (Å²) in [7, 11) is 0. The van der Waals surface area contributed by atoms with Gasteiger partial charge < -0.3 is 5.11 Å². The SMILES string of the molecule is CC1(C#N)CCCCC1O. The van der Waals surface area contributed by atoms with Gasteiger partial charge in [0, 0.05) is 0 Å². The van der Waals surface area contributed by atoms with Gasteiger partial charge in [-0.1, -0.05) is 12.8 Å². The molecule has 2 atom stereocenters. The molecule has 1 N–H and O–H groups in total. The van der Waals surface area contributed by atoms with Crippen LogP contribution in [0, 0.1) is 16.7 Å². The van der Waals surface area contributed by atoms with Gasteiger partial charge in [-0.15, -0.1) is 0 Å². The van der Waals surface area contributed by atoms with Gasteiger partial charge in [0.15, 0.2) is 0 Å². The standard InChI is InChI=1S/C8H13NO/c1-8(6-9)5-3-2-4-7(8)10/h7,10H,2-5H2,1H3. The maximum atomic E-state index is 9.41. The van der Waals surface area contributed by atoms with Gasteiger partial charge in [-0.25, -0.2) is 0 Å². The van der Waals surface area contributed by atoms with Crippen LogP contribution in [0.4, 0.5) is 0 Å². The average molecular weight is 139 g/mol.